The number of hydrogen-bond donors (Lipinski definition) is 0. The molecule has 1 aromatic carbocycles. The molecule has 1 saturated carbocycles. The Morgan fingerprint density at radius 3 is 2.66 bits per heavy atom. The van der Waals surface area contributed by atoms with Gasteiger partial charge < -0.3 is 9.47 Å². The number of aryl methyl sites for hydroxylation is 1. The Labute approximate surface area is 174 Å². The van der Waals surface area contributed by atoms with Gasteiger partial charge in [0.25, 0.3) is 0 Å². The molecule has 0 amide bonds. The van der Waals surface area contributed by atoms with E-state index in [9.17, 15) is 8.78 Å². The topological polar surface area (TPSA) is 18.5 Å². The Hall–Kier alpha value is -1.42. The van der Waals surface area contributed by atoms with Crippen LogP contribution in [0.25, 0.3) is 0 Å². The van der Waals surface area contributed by atoms with Crippen molar-refractivity contribution in [1.82, 2.24) is 0 Å². The van der Waals surface area contributed by atoms with Gasteiger partial charge in [0.2, 0.25) is 0 Å². The fourth-order valence-corrected chi connectivity index (χ4v) is 4.76. The van der Waals surface area contributed by atoms with E-state index in [0.29, 0.717) is 42.1 Å². The van der Waals surface area contributed by atoms with E-state index >= 15 is 0 Å². The molecule has 2 fully saturated rings. The number of ether oxygens (including phenoxy) is 2. The van der Waals surface area contributed by atoms with Crippen LogP contribution in [0.1, 0.15) is 63.9 Å². The van der Waals surface area contributed by atoms with Gasteiger partial charge in [-0.15, -0.1) is 6.58 Å². The summed E-state index contributed by atoms with van der Waals surface area (Å²) in [7, 11) is 0. The van der Waals surface area contributed by atoms with E-state index in [1.807, 2.05) is 0 Å². The monoisotopic (exact) mass is 406 g/mol. The minimum absolute atomic E-state index is 0.121. The van der Waals surface area contributed by atoms with Crippen molar-refractivity contribution in [2.24, 2.45) is 17.8 Å². The standard InChI is InChI=1S/C25H36F2O2/c1-3-4-5-19-11-12-22(16-24(19)27)28-15-14-23(26)20-7-9-21(10-8-20)25-13-6-18(2)17-29-25/h3,11-12,16,18,20-21,23,25H,1,4-10,13-15,17H2,2H3. The van der Waals surface area contributed by atoms with Crippen molar-refractivity contribution in [3.05, 3.63) is 42.2 Å². The van der Waals surface area contributed by atoms with Crippen molar-refractivity contribution < 1.29 is 18.3 Å². The number of rotatable bonds is 9. The van der Waals surface area contributed by atoms with Gasteiger partial charge in [0.05, 0.1) is 12.7 Å². The Balaban J connectivity index is 1.36. The maximum Gasteiger partial charge on any atom is 0.130 e. The largest absolute Gasteiger partial charge is 0.493 e. The van der Waals surface area contributed by atoms with Crippen LogP contribution in [0.3, 0.4) is 0 Å². The Bertz CT molecular complexity index is 632. The molecule has 0 N–H and O–H groups in total. The highest BCUT2D eigenvalue weighted by atomic mass is 19.1. The van der Waals surface area contributed by atoms with Crippen molar-refractivity contribution in [2.75, 3.05) is 13.2 Å². The van der Waals surface area contributed by atoms with E-state index in [-0.39, 0.29) is 18.3 Å². The molecular formula is C25H36F2O2. The van der Waals surface area contributed by atoms with E-state index in [0.717, 1.165) is 45.1 Å². The van der Waals surface area contributed by atoms with Crippen molar-refractivity contribution in [2.45, 2.75) is 77.0 Å². The maximum absolute atomic E-state index is 14.7. The molecule has 3 rings (SSSR count). The van der Waals surface area contributed by atoms with Crippen LogP contribution in [0.2, 0.25) is 0 Å². The highest BCUT2D eigenvalue weighted by Crippen LogP contribution is 2.38. The van der Waals surface area contributed by atoms with Crippen LogP contribution in [0, 0.1) is 23.6 Å². The van der Waals surface area contributed by atoms with Crippen LogP contribution in [0.15, 0.2) is 30.9 Å². The van der Waals surface area contributed by atoms with E-state index in [2.05, 4.69) is 13.5 Å². The molecule has 0 aromatic heterocycles. The summed E-state index contributed by atoms with van der Waals surface area (Å²) in [6.45, 7) is 7.07. The number of allylic oxidation sites excluding steroid dienone is 1. The van der Waals surface area contributed by atoms with Gasteiger partial charge >= 0.3 is 0 Å². The Morgan fingerprint density at radius 2 is 2.00 bits per heavy atom. The van der Waals surface area contributed by atoms with Gasteiger partial charge in [0.15, 0.2) is 0 Å². The first-order chi connectivity index (χ1) is 14.1. The molecule has 3 unspecified atom stereocenters. The second-order valence-electron chi connectivity index (χ2n) is 8.96. The first kappa shape index (κ1) is 22.3. The third kappa shape index (κ3) is 6.53. The van der Waals surface area contributed by atoms with Gasteiger partial charge in [0, 0.05) is 19.1 Å². The zero-order valence-corrected chi connectivity index (χ0v) is 17.8. The fraction of sp³-hybridized carbons (Fsp3) is 0.680. The molecule has 0 bridgehead atoms. The predicted octanol–water partition coefficient (Wildman–Crippen LogP) is 6.67. The average molecular weight is 407 g/mol. The second-order valence-corrected chi connectivity index (χ2v) is 8.96. The normalized spacial score (nSPS) is 28.7. The third-order valence-electron chi connectivity index (χ3n) is 6.70. The van der Waals surface area contributed by atoms with Crippen LogP contribution < -0.4 is 4.74 Å². The van der Waals surface area contributed by atoms with Crippen molar-refractivity contribution in [1.29, 1.82) is 0 Å². The SMILES string of the molecule is C=CCCc1ccc(OCCC(F)C2CCC(C3CCC(C)CO3)CC2)cc1F. The molecule has 4 heteroatoms. The number of alkyl halides is 1. The summed E-state index contributed by atoms with van der Waals surface area (Å²) in [5.41, 5.74) is 0.661. The van der Waals surface area contributed by atoms with Crippen LogP contribution in [0.5, 0.6) is 5.75 Å². The molecule has 0 radical (unpaired) electrons. The molecule has 29 heavy (non-hydrogen) atoms. The van der Waals surface area contributed by atoms with Gasteiger partial charge in [-0.3, -0.25) is 0 Å². The van der Waals surface area contributed by atoms with Crippen LogP contribution in [-0.4, -0.2) is 25.5 Å². The van der Waals surface area contributed by atoms with E-state index < -0.39 is 6.17 Å². The summed E-state index contributed by atoms with van der Waals surface area (Å²) < 4.78 is 40.4. The van der Waals surface area contributed by atoms with Gasteiger partial charge in [-0.25, -0.2) is 8.78 Å². The maximum atomic E-state index is 14.7. The van der Waals surface area contributed by atoms with Gasteiger partial charge in [-0.2, -0.15) is 0 Å². The van der Waals surface area contributed by atoms with Crippen molar-refractivity contribution >= 4 is 0 Å². The van der Waals surface area contributed by atoms with Gasteiger partial charge in [-0.1, -0.05) is 19.1 Å². The molecule has 1 saturated heterocycles. The molecule has 1 heterocycles. The molecule has 162 valence electrons. The van der Waals surface area contributed by atoms with Gasteiger partial charge in [0.1, 0.15) is 17.7 Å². The zero-order chi connectivity index (χ0) is 20.6. The number of halogens is 2. The first-order valence-corrected chi connectivity index (χ1v) is 11.3. The summed E-state index contributed by atoms with van der Waals surface area (Å²) in [5, 5.41) is 0. The summed E-state index contributed by atoms with van der Waals surface area (Å²) >= 11 is 0. The predicted molar refractivity (Wildman–Crippen MR) is 114 cm³/mol. The lowest BCUT2D eigenvalue weighted by molar-refractivity contribution is -0.0571. The van der Waals surface area contributed by atoms with Crippen LogP contribution in [0.4, 0.5) is 8.78 Å². The van der Waals surface area contributed by atoms with Crippen LogP contribution >= 0.6 is 0 Å². The van der Waals surface area contributed by atoms with E-state index in [1.54, 1.807) is 18.2 Å². The van der Waals surface area contributed by atoms with Crippen LogP contribution in [-0.2, 0) is 11.2 Å². The minimum atomic E-state index is -0.847. The van der Waals surface area contributed by atoms with E-state index in [4.69, 9.17) is 9.47 Å². The lowest BCUT2D eigenvalue weighted by Gasteiger charge is -2.37. The molecule has 0 spiro atoms. The summed E-state index contributed by atoms with van der Waals surface area (Å²) in [5.74, 6) is 1.61. The zero-order valence-electron chi connectivity index (χ0n) is 17.8. The quantitative estimate of drug-likeness (QED) is 0.426. The second kappa shape index (κ2) is 11.1. The summed E-state index contributed by atoms with van der Waals surface area (Å²) in [6.07, 6.45) is 9.50. The fourth-order valence-electron chi connectivity index (χ4n) is 4.76. The average Bonchev–Trinajstić information content (AvgIpc) is 2.74. The lowest BCUT2D eigenvalue weighted by atomic mass is 9.75. The minimum Gasteiger partial charge on any atom is -0.493 e. The molecule has 3 atom stereocenters. The molecule has 1 aromatic rings. The first-order valence-electron chi connectivity index (χ1n) is 11.3. The van der Waals surface area contributed by atoms with E-state index in [1.165, 1.54) is 12.5 Å². The molecule has 1 aliphatic carbocycles. The summed E-state index contributed by atoms with van der Waals surface area (Å²) in [6, 6.07) is 4.92. The number of hydrogen-bond acceptors (Lipinski definition) is 2. The molecule has 1 aliphatic heterocycles. The molecule has 2 aliphatic rings. The van der Waals surface area contributed by atoms with Crippen molar-refractivity contribution in [3.63, 3.8) is 0 Å². The summed E-state index contributed by atoms with van der Waals surface area (Å²) in [4.78, 5) is 0. The smallest absolute Gasteiger partial charge is 0.130 e. The Morgan fingerprint density at radius 1 is 1.21 bits per heavy atom. The third-order valence-corrected chi connectivity index (χ3v) is 6.70. The van der Waals surface area contributed by atoms with Gasteiger partial charge in [-0.05, 0) is 80.8 Å². The molecular weight excluding hydrogens is 370 g/mol. The number of benzene rings is 1. The molecule has 2 nitrogen and oxygen atoms in total. The Kier molecular flexibility index (Phi) is 8.53. The lowest BCUT2D eigenvalue weighted by Crippen LogP contribution is -2.35. The van der Waals surface area contributed by atoms with Crippen molar-refractivity contribution in [3.8, 4) is 5.75 Å². The highest BCUT2D eigenvalue weighted by molar-refractivity contribution is 5.29. The highest BCUT2D eigenvalue weighted by Gasteiger charge is 2.33.